The topological polar surface area (TPSA) is 67.4 Å². The van der Waals surface area contributed by atoms with Crippen LogP contribution in [0, 0.1) is 6.92 Å². The van der Waals surface area contributed by atoms with Gasteiger partial charge >= 0.3 is 0 Å². The molecule has 3 aliphatic rings. The molecule has 0 spiro atoms. The molecule has 1 unspecified atom stereocenters. The number of amides is 1. The first kappa shape index (κ1) is 18.9. The lowest BCUT2D eigenvalue weighted by Crippen LogP contribution is -2.35. The molecule has 0 bridgehead atoms. The number of carbonyl (C=O) groups excluding carboxylic acids is 1. The summed E-state index contributed by atoms with van der Waals surface area (Å²) in [5.41, 5.74) is 1.98. The summed E-state index contributed by atoms with van der Waals surface area (Å²) >= 11 is 0. The van der Waals surface area contributed by atoms with Crippen molar-refractivity contribution in [2.75, 3.05) is 26.7 Å². The smallest absolute Gasteiger partial charge is 0.257 e. The minimum atomic E-state index is 0.129. The zero-order valence-corrected chi connectivity index (χ0v) is 17.6. The standard InChI is InChI=1S/C22H31N5O2/c1-15-20(16-7-3-4-9-18(16)29-15)22(28)26-12-10-19-23-24-21(27(19)14-13-26)17-8-5-6-11-25(17)2/h17H,3-14H2,1-2H3. The van der Waals surface area contributed by atoms with Gasteiger partial charge in [-0.25, -0.2) is 0 Å². The third kappa shape index (κ3) is 3.29. The fourth-order valence-electron chi connectivity index (χ4n) is 5.34. The van der Waals surface area contributed by atoms with Crippen LogP contribution in [0.5, 0.6) is 0 Å². The number of furan rings is 1. The van der Waals surface area contributed by atoms with Gasteiger partial charge in [0, 0.05) is 38.0 Å². The molecule has 1 saturated heterocycles. The first-order valence-corrected chi connectivity index (χ1v) is 11.2. The highest BCUT2D eigenvalue weighted by atomic mass is 16.3. The minimum absolute atomic E-state index is 0.129. The van der Waals surface area contributed by atoms with Crippen LogP contribution in [-0.4, -0.2) is 57.2 Å². The van der Waals surface area contributed by atoms with E-state index in [1.165, 1.54) is 12.8 Å². The Bertz CT molecular complexity index is 915. The Hall–Kier alpha value is -2.15. The monoisotopic (exact) mass is 397 g/mol. The maximum absolute atomic E-state index is 13.4. The highest BCUT2D eigenvalue weighted by molar-refractivity contribution is 5.97. The van der Waals surface area contributed by atoms with Crippen LogP contribution in [-0.2, 0) is 25.8 Å². The summed E-state index contributed by atoms with van der Waals surface area (Å²) < 4.78 is 8.23. The second kappa shape index (κ2) is 7.59. The number of fused-ring (bicyclic) bond motifs is 2. The first-order valence-electron chi connectivity index (χ1n) is 11.2. The third-order valence-electron chi connectivity index (χ3n) is 6.97. The minimum Gasteiger partial charge on any atom is -0.465 e. The van der Waals surface area contributed by atoms with Crippen molar-refractivity contribution >= 4 is 5.91 Å². The van der Waals surface area contributed by atoms with E-state index in [0.717, 1.165) is 85.9 Å². The highest BCUT2D eigenvalue weighted by Gasteiger charge is 2.32. The molecule has 2 aliphatic heterocycles. The van der Waals surface area contributed by atoms with Crippen LogP contribution in [0.15, 0.2) is 4.42 Å². The van der Waals surface area contributed by atoms with Crippen molar-refractivity contribution in [1.82, 2.24) is 24.6 Å². The molecule has 2 aromatic heterocycles. The van der Waals surface area contributed by atoms with Crippen LogP contribution < -0.4 is 0 Å². The van der Waals surface area contributed by atoms with Crippen molar-refractivity contribution in [3.63, 3.8) is 0 Å². The second-order valence-corrected chi connectivity index (χ2v) is 8.80. The molecule has 1 fully saturated rings. The molecule has 156 valence electrons. The van der Waals surface area contributed by atoms with Gasteiger partial charge in [-0.15, -0.1) is 10.2 Å². The third-order valence-corrected chi connectivity index (χ3v) is 6.97. The van der Waals surface area contributed by atoms with Crippen molar-refractivity contribution in [2.45, 2.75) is 70.9 Å². The number of nitrogens with zero attached hydrogens (tertiary/aromatic N) is 5. The molecule has 1 atom stereocenters. The Morgan fingerprint density at radius 2 is 1.86 bits per heavy atom. The van der Waals surface area contributed by atoms with Gasteiger partial charge in [-0.3, -0.25) is 9.69 Å². The Balaban J connectivity index is 1.36. The summed E-state index contributed by atoms with van der Waals surface area (Å²) in [5, 5.41) is 9.06. The summed E-state index contributed by atoms with van der Waals surface area (Å²) in [5.74, 6) is 4.04. The molecule has 29 heavy (non-hydrogen) atoms. The second-order valence-electron chi connectivity index (χ2n) is 8.80. The molecule has 5 rings (SSSR count). The molecule has 7 heteroatoms. The van der Waals surface area contributed by atoms with E-state index < -0.39 is 0 Å². The molecule has 1 aliphatic carbocycles. The van der Waals surface area contributed by atoms with Gasteiger partial charge in [-0.2, -0.15) is 0 Å². The lowest BCUT2D eigenvalue weighted by atomic mass is 9.94. The largest absolute Gasteiger partial charge is 0.465 e. The van der Waals surface area contributed by atoms with E-state index in [0.29, 0.717) is 19.1 Å². The summed E-state index contributed by atoms with van der Waals surface area (Å²) in [4.78, 5) is 17.8. The van der Waals surface area contributed by atoms with Gasteiger partial charge in [0.2, 0.25) is 0 Å². The SMILES string of the molecule is Cc1oc2c(c1C(=O)N1CCc3nnc(C4CCCCN4C)n3CC1)CCCC2. The average molecular weight is 398 g/mol. The number of hydrogen-bond donors (Lipinski definition) is 0. The number of piperidine rings is 1. The first-order chi connectivity index (χ1) is 14.1. The number of likely N-dealkylation sites (tertiary alicyclic amines) is 1. The maximum atomic E-state index is 13.4. The van der Waals surface area contributed by atoms with Gasteiger partial charge in [0.1, 0.15) is 23.2 Å². The highest BCUT2D eigenvalue weighted by Crippen LogP contribution is 2.32. The van der Waals surface area contributed by atoms with Crippen LogP contribution >= 0.6 is 0 Å². The zero-order chi connectivity index (χ0) is 20.0. The van der Waals surface area contributed by atoms with Gasteiger partial charge < -0.3 is 13.9 Å². The molecular weight excluding hydrogens is 366 g/mol. The number of aromatic nitrogens is 3. The number of aryl methyl sites for hydroxylation is 2. The molecule has 1 amide bonds. The summed E-state index contributed by atoms with van der Waals surface area (Å²) in [7, 11) is 2.18. The lowest BCUT2D eigenvalue weighted by molar-refractivity contribution is 0.0755. The molecule has 0 aromatic carbocycles. The van der Waals surface area contributed by atoms with Crippen molar-refractivity contribution in [3.05, 3.63) is 34.3 Å². The molecule has 4 heterocycles. The molecule has 0 radical (unpaired) electrons. The Morgan fingerprint density at radius 3 is 2.72 bits per heavy atom. The predicted octanol–water partition coefficient (Wildman–Crippen LogP) is 2.91. The van der Waals surface area contributed by atoms with Crippen molar-refractivity contribution in [1.29, 1.82) is 0 Å². The molecule has 7 nitrogen and oxygen atoms in total. The number of hydrogen-bond acceptors (Lipinski definition) is 5. The van der Waals surface area contributed by atoms with Gasteiger partial charge in [-0.05, 0) is 52.6 Å². The average Bonchev–Trinajstić information content (AvgIpc) is 3.20. The van der Waals surface area contributed by atoms with Gasteiger partial charge in [0.15, 0.2) is 0 Å². The molecule has 2 aromatic rings. The van der Waals surface area contributed by atoms with E-state index in [2.05, 4.69) is 26.7 Å². The zero-order valence-electron chi connectivity index (χ0n) is 17.6. The predicted molar refractivity (Wildman–Crippen MR) is 109 cm³/mol. The van der Waals surface area contributed by atoms with E-state index in [1.54, 1.807) is 0 Å². The number of carbonyl (C=O) groups is 1. The Morgan fingerprint density at radius 1 is 1.00 bits per heavy atom. The van der Waals surface area contributed by atoms with Gasteiger partial charge in [0.05, 0.1) is 11.6 Å². The van der Waals surface area contributed by atoms with E-state index in [9.17, 15) is 4.79 Å². The van der Waals surface area contributed by atoms with Crippen molar-refractivity contribution in [3.8, 4) is 0 Å². The lowest BCUT2D eigenvalue weighted by Gasteiger charge is -2.32. The van der Waals surface area contributed by atoms with Crippen LogP contribution in [0.4, 0.5) is 0 Å². The maximum Gasteiger partial charge on any atom is 0.257 e. The van der Waals surface area contributed by atoms with Crippen molar-refractivity contribution in [2.24, 2.45) is 0 Å². The quantitative estimate of drug-likeness (QED) is 0.779. The van der Waals surface area contributed by atoms with E-state index in [-0.39, 0.29) is 5.91 Å². The van der Waals surface area contributed by atoms with Crippen molar-refractivity contribution < 1.29 is 9.21 Å². The molecule has 0 N–H and O–H groups in total. The van der Waals surface area contributed by atoms with E-state index >= 15 is 0 Å². The molecule has 0 saturated carbocycles. The Labute approximate surface area is 172 Å². The summed E-state index contributed by atoms with van der Waals surface area (Å²) in [6, 6.07) is 0.343. The molecular formula is C22H31N5O2. The van der Waals surface area contributed by atoms with Crippen LogP contribution in [0.1, 0.15) is 77.2 Å². The fourth-order valence-corrected chi connectivity index (χ4v) is 5.34. The van der Waals surface area contributed by atoms with Gasteiger partial charge in [-0.1, -0.05) is 6.42 Å². The fraction of sp³-hybridized carbons (Fsp3) is 0.682. The van der Waals surface area contributed by atoms with Crippen LogP contribution in [0.25, 0.3) is 0 Å². The van der Waals surface area contributed by atoms with Gasteiger partial charge in [0.25, 0.3) is 5.91 Å². The summed E-state index contributed by atoms with van der Waals surface area (Å²) in [6.07, 6.45) is 8.62. The van der Waals surface area contributed by atoms with Crippen LogP contribution in [0.3, 0.4) is 0 Å². The van der Waals surface area contributed by atoms with E-state index in [1.807, 2.05) is 11.8 Å². The number of rotatable bonds is 2. The van der Waals surface area contributed by atoms with Crippen LogP contribution in [0.2, 0.25) is 0 Å². The Kier molecular flexibility index (Phi) is 4.94. The normalized spacial score (nSPS) is 22.8. The summed E-state index contributed by atoms with van der Waals surface area (Å²) in [6.45, 7) is 5.22. The van der Waals surface area contributed by atoms with E-state index in [4.69, 9.17) is 4.42 Å².